The van der Waals surface area contributed by atoms with Crippen molar-refractivity contribution in [3.63, 3.8) is 0 Å². The third-order valence-electron chi connectivity index (χ3n) is 5.54. The fraction of sp³-hybridized carbons (Fsp3) is 0.632. The van der Waals surface area contributed by atoms with Gasteiger partial charge in [-0.15, -0.1) is 0 Å². The summed E-state index contributed by atoms with van der Waals surface area (Å²) < 4.78 is 16.9. The first-order valence-corrected chi connectivity index (χ1v) is 9.27. The number of rotatable bonds is 4. The zero-order valence-electron chi connectivity index (χ0n) is 14.5. The first kappa shape index (κ1) is 16.7. The zero-order valence-corrected chi connectivity index (χ0v) is 14.5. The van der Waals surface area contributed by atoms with E-state index in [-0.39, 0.29) is 17.4 Å². The van der Waals surface area contributed by atoms with Crippen LogP contribution in [-0.4, -0.2) is 51.5 Å². The molecule has 0 aromatic heterocycles. The van der Waals surface area contributed by atoms with Crippen LogP contribution in [0.1, 0.15) is 31.2 Å². The number of morpholine rings is 1. The number of fused-ring (bicyclic) bond motifs is 1. The van der Waals surface area contributed by atoms with Crippen LogP contribution in [0.15, 0.2) is 18.2 Å². The maximum atomic E-state index is 12.4. The molecule has 4 rings (SSSR count). The second-order valence-electron chi connectivity index (χ2n) is 7.13. The van der Waals surface area contributed by atoms with Crippen molar-refractivity contribution in [2.45, 2.75) is 37.2 Å². The summed E-state index contributed by atoms with van der Waals surface area (Å²) in [5, 5.41) is 6.34. The molecule has 1 saturated heterocycles. The molecule has 6 heteroatoms. The molecule has 1 aromatic carbocycles. The Morgan fingerprint density at radius 2 is 1.96 bits per heavy atom. The number of carbonyl (C=O) groups is 1. The van der Waals surface area contributed by atoms with Gasteiger partial charge in [-0.25, -0.2) is 0 Å². The van der Waals surface area contributed by atoms with Crippen molar-refractivity contribution in [3.8, 4) is 11.5 Å². The fourth-order valence-electron chi connectivity index (χ4n) is 4.10. The molecule has 25 heavy (non-hydrogen) atoms. The standard InChI is InChI=1S/C19H26N2O4/c22-18(17-12-20-7-8-23-17)21-13-19(5-1-2-6-19)14-3-4-15-16(11-14)25-10-9-24-15/h3-4,11,17,20H,1-2,5-10,12-13H2,(H,21,22). The van der Waals surface area contributed by atoms with Crippen LogP contribution < -0.4 is 20.1 Å². The Labute approximate surface area is 148 Å². The van der Waals surface area contributed by atoms with Crippen LogP contribution >= 0.6 is 0 Å². The van der Waals surface area contributed by atoms with Crippen molar-refractivity contribution < 1.29 is 19.0 Å². The number of hydrogen-bond donors (Lipinski definition) is 2. The maximum absolute atomic E-state index is 12.4. The van der Waals surface area contributed by atoms with Crippen LogP contribution in [0.25, 0.3) is 0 Å². The SMILES string of the molecule is O=C(NCC1(c2ccc3c(c2)OCCO3)CCCC1)C1CNCCO1. The van der Waals surface area contributed by atoms with E-state index in [0.29, 0.717) is 32.9 Å². The molecule has 2 aliphatic heterocycles. The lowest BCUT2D eigenvalue weighted by Gasteiger charge is -2.32. The van der Waals surface area contributed by atoms with Gasteiger partial charge in [0.2, 0.25) is 5.91 Å². The molecule has 2 N–H and O–H groups in total. The Kier molecular flexibility index (Phi) is 4.81. The third-order valence-corrected chi connectivity index (χ3v) is 5.54. The number of hydrogen-bond acceptors (Lipinski definition) is 5. The largest absolute Gasteiger partial charge is 0.486 e. The lowest BCUT2D eigenvalue weighted by atomic mass is 9.78. The Morgan fingerprint density at radius 3 is 2.72 bits per heavy atom. The van der Waals surface area contributed by atoms with E-state index in [1.165, 1.54) is 18.4 Å². The molecule has 1 aromatic rings. The second kappa shape index (κ2) is 7.22. The summed E-state index contributed by atoms with van der Waals surface area (Å²) in [6, 6.07) is 6.23. The van der Waals surface area contributed by atoms with Crippen LogP contribution in [0.2, 0.25) is 0 Å². The number of benzene rings is 1. The van der Waals surface area contributed by atoms with Gasteiger partial charge < -0.3 is 24.8 Å². The second-order valence-corrected chi connectivity index (χ2v) is 7.13. The van der Waals surface area contributed by atoms with Gasteiger partial charge in [0.1, 0.15) is 19.3 Å². The Balaban J connectivity index is 1.48. The number of amides is 1. The van der Waals surface area contributed by atoms with Crippen LogP contribution in [0.3, 0.4) is 0 Å². The Morgan fingerprint density at radius 1 is 1.16 bits per heavy atom. The quantitative estimate of drug-likeness (QED) is 0.862. The first-order chi connectivity index (χ1) is 12.3. The molecule has 0 spiro atoms. The lowest BCUT2D eigenvalue weighted by Crippen LogP contribution is -2.50. The molecule has 2 fully saturated rings. The highest BCUT2D eigenvalue weighted by atomic mass is 16.6. The summed E-state index contributed by atoms with van der Waals surface area (Å²) in [6.07, 6.45) is 4.15. The molecular weight excluding hydrogens is 320 g/mol. The molecule has 6 nitrogen and oxygen atoms in total. The molecule has 0 radical (unpaired) electrons. The van der Waals surface area contributed by atoms with Gasteiger partial charge in [0, 0.05) is 25.0 Å². The van der Waals surface area contributed by atoms with Crippen molar-refractivity contribution in [1.29, 1.82) is 0 Å². The van der Waals surface area contributed by atoms with Gasteiger partial charge in [-0.1, -0.05) is 18.9 Å². The van der Waals surface area contributed by atoms with E-state index in [9.17, 15) is 4.79 Å². The minimum Gasteiger partial charge on any atom is -0.486 e. The number of ether oxygens (including phenoxy) is 3. The van der Waals surface area contributed by atoms with Gasteiger partial charge in [-0.05, 0) is 30.5 Å². The molecule has 1 unspecified atom stereocenters. The summed E-state index contributed by atoms with van der Waals surface area (Å²) in [5.41, 5.74) is 1.21. The van der Waals surface area contributed by atoms with E-state index < -0.39 is 0 Å². The Bertz CT molecular complexity index is 622. The minimum atomic E-state index is -0.382. The molecule has 136 valence electrons. The van der Waals surface area contributed by atoms with E-state index in [4.69, 9.17) is 14.2 Å². The van der Waals surface area contributed by atoms with E-state index in [1.807, 2.05) is 6.07 Å². The van der Waals surface area contributed by atoms with Crippen molar-refractivity contribution in [3.05, 3.63) is 23.8 Å². The summed E-state index contributed by atoms with van der Waals surface area (Å²) in [4.78, 5) is 12.4. The normalized spacial score (nSPS) is 24.7. The summed E-state index contributed by atoms with van der Waals surface area (Å²) >= 11 is 0. The summed E-state index contributed by atoms with van der Waals surface area (Å²) in [5.74, 6) is 1.62. The first-order valence-electron chi connectivity index (χ1n) is 9.27. The molecule has 2 heterocycles. The molecule has 1 atom stereocenters. The summed E-state index contributed by atoms with van der Waals surface area (Å²) in [7, 11) is 0. The number of carbonyl (C=O) groups excluding carboxylic acids is 1. The maximum Gasteiger partial charge on any atom is 0.250 e. The predicted molar refractivity (Wildman–Crippen MR) is 93.2 cm³/mol. The molecule has 0 bridgehead atoms. The predicted octanol–water partition coefficient (Wildman–Crippen LogP) is 1.37. The molecule has 1 amide bonds. The van der Waals surface area contributed by atoms with Crippen LogP contribution in [0, 0.1) is 0 Å². The smallest absolute Gasteiger partial charge is 0.250 e. The van der Waals surface area contributed by atoms with Crippen LogP contribution in [0.5, 0.6) is 11.5 Å². The summed E-state index contributed by atoms with van der Waals surface area (Å²) in [6.45, 7) is 3.82. The van der Waals surface area contributed by atoms with Crippen molar-refractivity contribution >= 4 is 5.91 Å². The highest BCUT2D eigenvalue weighted by Crippen LogP contribution is 2.43. The highest BCUT2D eigenvalue weighted by Gasteiger charge is 2.37. The third kappa shape index (κ3) is 3.46. The van der Waals surface area contributed by atoms with Gasteiger partial charge in [0.15, 0.2) is 11.5 Å². The van der Waals surface area contributed by atoms with E-state index in [0.717, 1.165) is 30.9 Å². The van der Waals surface area contributed by atoms with Crippen LogP contribution in [0.4, 0.5) is 0 Å². The molecule has 1 aliphatic carbocycles. The average Bonchev–Trinajstić information content (AvgIpc) is 3.16. The van der Waals surface area contributed by atoms with Crippen molar-refractivity contribution in [2.24, 2.45) is 0 Å². The fourth-order valence-corrected chi connectivity index (χ4v) is 4.10. The van der Waals surface area contributed by atoms with E-state index in [1.54, 1.807) is 0 Å². The molecule has 1 saturated carbocycles. The highest BCUT2D eigenvalue weighted by molar-refractivity contribution is 5.81. The van der Waals surface area contributed by atoms with Gasteiger partial charge in [0.25, 0.3) is 0 Å². The van der Waals surface area contributed by atoms with Gasteiger partial charge in [-0.3, -0.25) is 4.79 Å². The number of nitrogens with one attached hydrogen (secondary N) is 2. The molecular formula is C19H26N2O4. The average molecular weight is 346 g/mol. The zero-order chi connectivity index (χ0) is 17.1. The molecule has 3 aliphatic rings. The van der Waals surface area contributed by atoms with Gasteiger partial charge >= 0.3 is 0 Å². The minimum absolute atomic E-state index is 0.0176. The van der Waals surface area contributed by atoms with E-state index in [2.05, 4.69) is 22.8 Å². The van der Waals surface area contributed by atoms with Crippen molar-refractivity contribution in [2.75, 3.05) is 39.5 Å². The van der Waals surface area contributed by atoms with Gasteiger partial charge in [-0.2, -0.15) is 0 Å². The Hall–Kier alpha value is -1.79. The van der Waals surface area contributed by atoms with Crippen LogP contribution in [-0.2, 0) is 14.9 Å². The van der Waals surface area contributed by atoms with E-state index >= 15 is 0 Å². The monoisotopic (exact) mass is 346 g/mol. The lowest BCUT2D eigenvalue weighted by molar-refractivity contribution is -0.134. The van der Waals surface area contributed by atoms with Crippen molar-refractivity contribution in [1.82, 2.24) is 10.6 Å². The van der Waals surface area contributed by atoms with Gasteiger partial charge in [0.05, 0.1) is 6.61 Å². The topological polar surface area (TPSA) is 68.8 Å².